The molecule has 0 amide bonds. The van der Waals surface area contributed by atoms with Gasteiger partial charge in [-0.15, -0.1) is 0 Å². The highest BCUT2D eigenvalue weighted by Crippen LogP contribution is 2.31. The molecule has 1 unspecified atom stereocenters. The second-order valence-electron chi connectivity index (χ2n) is 5.07. The fraction of sp³-hybridized carbons (Fsp3) is 0.294. The number of hydrogen-bond acceptors (Lipinski definition) is 2. The summed E-state index contributed by atoms with van der Waals surface area (Å²) in [5, 5.41) is 3.53. The van der Waals surface area contributed by atoms with Crippen molar-refractivity contribution in [1.29, 1.82) is 0 Å². The van der Waals surface area contributed by atoms with Crippen LogP contribution < -0.4 is 10.1 Å². The number of benzene rings is 2. The Morgan fingerprint density at radius 3 is 2.50 bits per heavy atom. The van der Waals surface area contributed by atoms with Crippen molar-refractivity contribution in [2.75, 3.05) is 12.4 Å². The van der Waals surface area contributed by atoms with E-state index < -0.39 is 0 Å². The SMILES string of the molecule is COc1ccc(Br)c(NC(C)c2ccc(C)cc2C)c1. The minimum absolute atomic E-state index is 0.235. The van der Waals surface area contributed by atoms with E-state index in [2.05, 4.69) is 60.2 Å². The van der Waals surface area contributed by atoms with Gasteiger partial charge in [-0.25, -0.2) is 0 Å². The van der Waals surface area contributed by atoms with E-state index in [0.717, 1.165) is 15.9 Å². The third kappa shape index (κ3) is 3.34. The molecule has 2 aromatic rings. The zero-order chi connectivity index (χ0) is 14.7. The van der Waals surface area contributed by atoms with Gasteiger partial charge in [0.2, 0.25) is 0 Å². The molecule has 106 valence electrons. The van der Waals surface area contributed by atoms with Crippen LogP contribution in [-0.2, 0) is 0 Å². The Hall–Kier alpha value is -1.48. The zero-order valence-electron chi connectivity index (χ0n) is 12.3. The number of rotatable bonds is 4. The zero-order valence-corrected chi connectivity index (χ0v) is 13.9. The maximum atomic E-state index is 5.28. The highest BCUT2D eigenvalue weighted by Gasteiger charge is 2.10. The third-order valence-corrected chi connectivity index (χ3v) is 4.13. The Bertz CT molecular complexity index is 610. The lowest BCUT2D eigenvalue weighted by molar-refractivity contribution is 0.415. The summed E-state index contributed by atoms with van der Waals surface area (Å²) in [4.78, 5) is 0. The Morgan fingerprint density at radius 2 is 1.85 bits per heavy atom. The van der Waals surface area contributed by atoms with Gasteiger partial charge in [0.15, 0.2) is 0 Å². The number of aryl methyl sites for hydroxylation is 2. The van der Waals surface area contributed by atoms with Crippen molar-refractivity contribution in [3.63, 3.8) is 0 Å². The maximum absolute atomic E-state index is 5.28. The van der Waals surface area contributed by atoms with Gasteiger partial charge in [0.25, 0.3) is 0 Å². The smallest absolute Gasteiger partial charge is 0.121 e. The van der Waals surface area contributed by atoms with E-state index in [-0.39, 0.29) is 6.04 Å². The molecule has 0 aromatic heterocycles. The topological polar surface area (TPSA) is 21.3 Å². The minimum Gasteiger partial charge on any atom is -0.497 e. The summed E-state index contributed by atoms with van der Waals surface area (Å²) in [5.41, 5.74) is 4.95. The first-order valence-electron chi connectivity index (χ1n) is 6.68. The molecule has 0 spiro atoms. The summed E-state index contributed by atoms with van der Waals surface area (Å²) in [5.74, 6) is 0.850. The summed E-state index contributed by atoms with van der Waals surface area (Å²) < 4.78 is 6.31. The molecule has 0 saturated heterocycles. The van der Waals surface area contributed by atoms with Crippen molar-refractivity contribution in [3.05, 3.63) is 57.6 Å². The quantitative estimate of drug-likeness (QED) is 0.825. The van der Waals surface area contributed by atoms with E-state index in [9.17, 15) is 0 Å². The minimum atomic E-state index is 0.235. The molecule has 2 rings (SSSR count). The van der Waals surface area contributed by atoms with Crippen molar-refractivity contribution in [2.45, 2.75) is 26.8 Å². The highest BCUT2D eigenvalue weighted by molar-refractivity contribution is 9.10. The van der Waals surface area contributed by atoms with Crippen molar-refractivity contribution < 1.29 is 4.74 Å². The Labute approximate surface area is 129 Å². The summed E-state index contributed by atoms with van der Waals surface area (Å²) in [6, 6.07) is 12.7. The number of ether oxygens (including phenoxy) is 1. The van der Waals surface area contributed by atoms with Gasteiger partial charge < -0.3 is 10.1 Å². The van der Waals surface area contributed by atoms with Crippen molar-refractivity contribution in [2.24, 2.45) is 0 Å². The van der Waals surface area contributed by atoms with Crippen molar-refractivity contribution in [3.8, 4) is 5.75 Å². The molecule has 0 saturated carbocycles. The van der Waals surface area contributed by atoms with Crippen molar-refractivity contribution >= 4 is 21.6 Å². The summed E-state index contributed by atoms with van der Waals surface area (Å²) >= 11 is 3.57. The standard InChI is InChI=1S/C17H20BrNO/c1-11-5-7-15(12(2)9-11)13(3)19-17-10-14(20-4)6-8-16(17)18/h5-10,13,19H,1-4H3. The Balaban J connectivity index is 2.25. The molecule has 3 heteroatoms. The molecular formula is C17H20BrNO. The fourth-order valence-electron chi connectivity index (χ4n) is 2.36. The Kier molecular flexibility index (Phi) is 4.71. The number of methoxy groups -OCH3 is 1. The van der Waals surface area contributed by atoms with Crippen LogP contribution in [0.1, 0.15) is 29.7 Å². The fourth-order valence-corrected chi connectivity index (χ4v) is 2.73. The summed E-state index contributed by atoms with van der Waals surface area (Å²) in [6.07, 6.45) is 0. The number of halogens is 1. The van der Waals surface area contributed by atoms with Gasteiger partial charge in [-0.1, -0.05) is 23.8 Å². The molecule has 0 bridgehead atoms. The van der Waals surface area contributed by atoms with Crippen molar-refractivity contribution in [1.82, 2.24) is 0 Å². The monoisotopic (exact) mass is 333 g/mol. The normalized spacial score (nSPS) is 12.1. The average Bonchev–Trinajstić information content (AvgIpc) is 2.41. The maximum Gasteiger partial charge on any atom is 0.121 e. The molecule has 0 aliphatic carbocycles. The second-order valence-corrected chi connectivity index (χ2v) is 5.93. The number of hydrogen-bond donors (Lipinski definition) is 1. The van der Waals surface area contributed by atoms with Gasteiger partial charge in [0.05, 0.1) is 12.8 Å². The van der Waals surface area contributed by atoms with Crippen LogP contribution >= 0.6 is 15.9 Å². The average molecular weight is 334 g/mol. The van der Waals surface area contributed by atoms with Crippen LogP contribution in [-0.4, -0.2) is 7.11 Å². The number of anilines is 1. The van der Waals surface area contributed by atoms with Gasteiger partial charge in [-0.3, -0.25) is 0 Å². The molecule has 0 radical (unpaired) electrons. The van der Waals surface area contributed by atoms with Gasteiger partial charge in [0, 0.05) is 16.6 Å². The van der Waals surface area contributed by atoms with Gasteiger partial charge in [-0.05, 0) is 60.0 Å². The lowest BCUT2D eigenvalue weighted by atomic mass is 10.00. The predicted molar refractivity (Wildman–Crippen MR) is 88.6 cm³/mol. The number of nitrogens with one attached hydrogen (secondary N) is 1. The predicted octanol–water partition coefficient (Wildman–Crippen LogP) is 5.25. The molecule has 0 aliphatic heterocycles. The summed E-state index contributed by atoms with van der Waals surface area (Å²) in [7, 11) is 1.68. The molecule has 20 heavy (non-hydrogen) atoms. The third-order valence-electron chi connectivity index (χ3n) is 3.44. The molecule has 0 aliphatic rings. The lowest BCUT2D eigenvalue weighted by Gasteiger charge is -2.19. The molecule has 2 nitrogen and oxygen atoms in total. The van der Waals surface area contributed by atoms with Crippen LogP contribution in [0.2, 0.25) is 0 Å². The van der Waals surface area contributed by atoms with Crippen LogP contribution in [0.15, 0.2) is 40.9 Å². The largest absolute Gasteiger partial charge is 0.497 e. The van der Waals surface area contributed by atoms with Gasteiger partial charge in [0.1, 0.15) is 5.75 Å². The molecule has 2 aromatic carbocycles. The van der Waals surface area contributed by atoms with Crippen LogP contribution in [0.25, 0.3) is 0 Å². The molecular weight excluding hydrogens is 314 g/mol. The first-order valence-corrected chi connectivity index (χ1v) is 7.48. The summed E-state index contributed by atoms with van der Waals surface area (Å²) in [6.45, 7) is 6.44. The molecule has 0 heterocycles. The van der Waals surface area contributed by atoms with E-state index in [1.807, 2.05) is 18.2 Å². The second kappa shape index (κ2) is 6.31. The molecule has 1 atom stereocenters. The molecule has 0 fully saturated rings. The Morgan fingerprint density at radius 1 is 1.10 bits per heavy atom. The van der Waals surface area contributed by atoms with Crippen LogP contribution in [0, 0.1) is 13.8 Å². The molecule has 1 N–H and O–H groups in total. The van der Waals surface area contributed by atoms with E-state index in [1.54, 1.807) is 7.11 Å². The van der Waals surface area contributed by atoms with Gasteiger partial charge >= 0.3 is 0 Å². The first kappa shape index (κ1) is 14.9. The van der Waals surface area contributed by atoms with Crippen LogP contribution in [0.4, 0.5) is 5.69 Å². The van der Waals surface area contributed by atoms with E-state index >= 15 is 0 Å². The van der Waals surface area contributed by atoms with E-state index in [1.165, 1.54) is 16.7 Å². The van der Waals surface area contributed by atoms with Crippen LogP contribution in [0.5, 0.6) is 5.75 Å². The first-order chi connectivity index (χ1) is 9.51. The lowest BCUT2D eigenvalue weighted by Crippen LogP contribution is -2.09. The van der Waals surface area contributed by atoms with Gasteiger partial charge in [-0.2, -0.15) is 0 Å². The van der Waals surface area contributed by atoms with Crippen LogP contribution in [0.3, 0.4) is 0 Å². The van der Waals surface area contributed by atoms with E-state index in [4.69, 9.17) is 4.74 Å². The van der Waals surface area contributed by atoms with E-state index in [0.29, 0.717) is 0 Å². The highest BCUT2D eigenvalue weighted by atomic mass is 79.9.